The van der Waals surface area contributed by atoms with Gasteiger partial charge in [-0.1, -0.05) is 25.1 Å². The van der Waals surface area contributed by atoms with Gasteiger partial charge in [-0.05, 0) is 23.6 Å². The summed E-state index contributed by atoms with van der Waals surface area (Å²) in [6.45, 7) is 5.76. The molecule has 0 fully saturated rings. The van der Waals surface area contributed by atoms with Crippen LogP contribution < -0.4 is 10.6 Å². The average Bonchev–Trinajstić information content (AvgIpc) is 2.36. The fourth-order valence-electron chi connectivity index (χ4n) is 1.61. The summed E-state index contributed by atoms with van der Waals surface area (Å²) in [7, 11) is 0. The van der Waals surface area contributed by atoms with E-state index in [0.717, 1.165) is 5.56 Å². The van der Waals surface area contributed by atoms with Crippen LogP contribution in [0.3, 0.4) is 0 Å². The van der Waals surface area contributed by atoms with Gasteiger partial charge in [-0.3, -0.25) is 4.79 Å². The molecule has 3 N–H and O–H groups in total. The highest BCUT2D eigenvalue weighted by Crippen LogP contribution is 2.20. The molecule has 1 aromatic rings. The molecule has 0 radical (unpaired) electrons. The van der Waals surface area contributed by atoms with E-state index in [0.29, 0.717) is 12.2 Å². The molecule has 5 nitrogen and oxygen atoms in total. The molecule has 1 unspecified atom stereocenters. The molecule has 0 bridgehead atoms. The summed E-state index contributed by atoms with van der Waals surface area (Å²) in [6.07, 6.45) is 1.68. The Labute approximate surface area is 112 Å². The lowest BCUT2D eigenvalue weighted by molar-refractivity contribution is -0.137. The van der Waals surface area contributed by atoms with Crippen molar-refractivity contribution in [3.63, 3.8) is 0 Å². The summed E-state index contributed by atoms with van der Waals surface area (Å²) in [4.78, 5) is 22.0. The smallest absolute Gasteiger partial charge is 0.319 e. The maximum Gasteiger partial charge on any atom is 0.319 e. The number of aliphatic carboxylic acids is 1. The van der Waals surface area contributed by atoms with Crippen LogP contribution in [0.1, 0.15) is 24.8 Å². The summed E-state index contributed by atoms with van der Waals surface area (Å²) in [6, 6.07) is 6.83. The number of amides is 2. The number of urea groups is 1. The zero-order valence-electron chi connectivity index (χ0n) is 10.8. The second-order valence-electron chi connectivity index (χ2n) is 4.24. The number of anilines is 1. The van der Waals surface area contributed by atoms with Gasteiger partial charge in [0.15, 0.2) is 0 Å². The number of nitrogens with one attached hydrogen (secondary N) is 2. The molecule has 2 amide bonds. The standard InChI is InChI=1S/C14H18N2O3/c1-3-8-15-14(19)16-12-6-4-11(5-7-12)10(2)9-13(17)18/h3-7,10H,1,8-9H2,2H3,(H,17,18)(H2,15,16,19). The zero-order chi connectivity index (χ0) is 14.3. The highest BCUT2D eigenvalue weighted by atomic mass is 16.4. The summed E-state index contributed by atoms with van der Waals surface area (Å²) >= 11 is 0. The highest BCUT2D eigenvalue weighted by molar-refractivity contribution is 5.89. The van der Waals surface area contributed by atoms with Gasteiger partial charge in [0.1, 0.15) is 0 Å². The molecule has 0 aliphatic heterocycles. The zero-order valence-corrected chi connectivity index (χ0v) is 10.8. The Morgan fingerprint density at radius 2 is 2.00 bits per heavy atom. The van der Waals surface area contributed by atoms with E-state index in [-0.39, 0.29) is 18.4 Å². The number of carbonyl (C=O) groups excluding carboxylic acids is 1. The number of carbonyl (C=O) groups is 2. The Morgan fingerprint density at radius 3 is 2.53 bits per heavy atom. The Balaban J connectivity index is 2.58. The molecule has 0 saturated carbocycles. The van der Waals surface area contributed by atoms with Crippen molar-refractivity contribution in [1.29, 1.82) is 0 Å². The molecule has 102 valence electrons. The molecule has 1 aromatic carbocycles. The molecule has 5 heteroatoms. The Hall–Kier alpha value is -2.30. The van der Waals surface area contributed by atoms with Gasteiger partial charge in [-0.25, -0.2) is 4.79 Å². The molecular weight excluding hydrogens is 244 g/mol. The molecule has 0 aliphatic rings. The van der Waals surface area contributed by atoms with Gasteiger partial charge >= 0.3 is 12.0 Å². The lowest BCUT2D eigenvalue weighted by atomic mass is 9.98. The fourth-order valence-corrected chi connectivity index (χ4v) is 1.61. The van der Waals surface area contributed by atoms with Crippen LogP contribution in [0.4, 0.5) is 10.5 Å². The van der Waals surface area contributed by atoms with E-state index in [9.17, 15) is 9.59 Å². The van der Waals surface area contributed by atoms with Gasteiger partial charge in [0.2, 0.25) is 0 Å². The molecule has 0 saturated heterocycles. The first-order valence-corrected chi connectivity index (χ1v) is 6.00. The van der Waals surface area contributed by atoms with Gasteiger partial charge in [0, 0.05) is 12.2 Å². The van der Waals surface area contributed by atoms with E-state index >= 15 is 0 Å². The van der Waals surface area contributed by atoms with Crippen molar-refractivity contribution in [2.75, 3.05) is 11.9 Å². The number of rotatable bonds is 6. The van der Waals surface area contributed by atoms with Crippen LogP contribution in [0.2, 0.25) is 0 Å². The van der Waals surface area contributed by atoms with Gasteiger partial charge < -0.3 is 15.7 Å². The molecule has 1 atom stereocenters. The van der Waals surface area contributed by atoms with Crippen LogP contribution >= 0.6 is 0 Å². The van der Waals surface area contributed by atoms with Crippen molar-refractivity contribution in [3.05, 3.63) is 42.5 Å². The highest BCUT2D eigenvalue weighted by Gasteiger charge is 2.10. The summed E-state index contributed by atoms with van der Waals surface area (Å²) in [5, 5.41) is 14.0. The normalized spacial score (nSPS) is 11.4. The van der Waals surface area contributed by atoms with Crippen molar-refractivity contribution >= 4 is 17.7 Å². The third-order valence-corrected chi connectivity index (χ3v) is 2.63. The first kappa shape index (κ1) is 14.8. The number of hydrogen-bond donors (Lipinski definition) is 3. The Bertz CT molecular complexity index is 454. The van der Waals surface area contributed by atoms with Crippen LogP contribution in [-0.4, -0.2) is 23.7 Å². The molecular formula is C14H18N2O3. The van der Waals surface area contributed by atoms with E-state index in [4.69, 9.17) is 5.11 Å². The first-order valence-electron chi connectivity index (χ1n) is 6.00. The molecule has 1 rings (SSSR count). The second kappa shape index (κ2) is 7.20. The van der Waals surface area contributed by atoms with Crippen LogP contribution in [0, 0.1) is 0 Å². The SMILES string of the molecule is C=CCNC(=O)Nc1ccc(C(C)CC(=O)O)cc1. The number of hydrogen-bond acceptors (Lipinski definition) is 2. The first-order chi connectivity index (χ1) is 9.02. The lowest BCUT2D eigenvalue weighted by Gasteiger charge is -2.11. The maximum absolute atomic E-state index is 11.4. The molecule has 0 aliphatic carbocycles. The molecule has 0 heterocycles. The van der Waals surface area contributed by atoms with Crippen molar-refractivity contribution in [2.45, 2.75) is 19.3 Å². The van der Waals surface area contributed by atoms with E-state index in [1.807, 2.05) is 19.1 Å². The number of carboxylic acid groups (broad SMARTS) is 1. The lowest BCUT2D eigenvalue weighted by Crippen LogP contribution is -2.28. The third-order valence-electron chi connectivity index (χ3n) is 2.63. The maximum atomic E-state index is 11.4. The number of carboxylic acids is 1. The Kier molecular flexibility index (Phi) is 5.60. The fraction of sp³-hybridized carbons (Fsp3) is 0.286. The van der Waals surface area contributed by atoms with Gasteiger partial charge in [0.05, 0.1) is 6.42 Å². The van der Waals surface area contributed by atoms with E-state index in [1.54, 1.807) is 18.2 Å². The Morgan fingerprint density at radius 1 is 1.37 bits per heavy atom. The predicted octanol–water partition coefficient (Wildman–Crippen LogP) is 2.57. The van der Waals surface area contributed by atoms with E-state index in [1.165, 1.54) is 0 Å². The van der Waals surface area contributed by atoms with Crippen LogP contribution in [-0.2, 0) is 4.79 Å². The van der Waals surface area contributed by atoms with Crippen molar-refractivity contribution < 1.29 is 14.7 Å². The second-order valence-corrected chi connectivity index (χ2v) is 4.24. The van der Waals surface area contributed by atoms with Crippen LogP contribution in [0.5, 0.6) is 0 Å². The van der Waals surface area contributed by atoms with Gasteiger partial charge in [0.25, 0.3) is 0 Å². The van der Waals surface area contributed by atoms with Crippen LogP contribution in [0.25, 0.3) is 0 Å². The summed E-state index contributed by atoms with van der Waals surface area (Å²) < 4.78 is 0. The third kappa shape index (κ3) is 5.25. The van der Waals surface area contributed by atoms with Gasteiger partial charge in [-0.2, -0.15) is 0 Å². The molecule has 0 spiro atoms. The van der Waals surface area contributed by atoms with Gasteiger partial charge in [-0.15, -0.1) is 6.58 Å². The number of benzene rings is 1. The minimum absolute atomic E-state index is 0.0545. The predicted molar refractivity (Wildman–Crippen MR) is 74.3 cm³/mol. The molecule has 19 heavy (non-hydrogen) atoms. The van der Waals surface area contributed by atoms with Crippen molar-refractivity contribution in [2.24, 2.45) is 0 Å². The van der Waals surface area contributed by atoms with Crippen molar-refractivity contribution in [3.8, 4) is 0 Å². The molecule has 0 aromatic heterocycles. The monoisotopic (exact) mass is 262 g/mol. The van der Waals surface area contributed by atoms with E-state index < -0.39 is 5.97 Å². The minimum atomic E-state index is -0.821. The van der Waals surface area contributed by atoms with Crippen molar-refractivity contribution in [1.82, 2.24) is 5.32 Å². The van der Waals surface area contributed by atoms with E-state index in [2.05, 4.69) is 17.2 Å². The largest absolute Gasteiger partial charge is 0.481 e. The summed E-state index contributed by atoms with van der Waals surface area (Å²) in [5.41, 5.74) is 1.59. The average molecular weight is 262 g/mol. The minimum Gasteiger partial charge on any atom is -0.481 e. The summed E-state index contributed by atoms with van der Waals surface area (Å²) in [5.74, 6) is -0.875. The quantitative estimate of drug-likeness (QED) is 0.689. The topological polar surface area (TPSA) is 78.4 Å². The van der Waals surface area contributed by atoms with Crippen LogP contribution in [0.15, 0.2) is 36.9 Å².